The van der Waals surface area contributed by atoms with Crippen LogP contribution in [0.4, 0.5) is 0 Å². The molecule has 0 saturated heterocycles. The lowest BCUT2D eigenvalue weighted by Gasteiger charge is -2.03. The Kier molecular flexibility index (Phi) is 8.83. The number of benzene rings is 1. The Labute approximate surface area is 118 Å². The van der Waals surface area contributed by atoms with Crippen LogP contribution in [0.1, 0.15) is 63.9 Å². The molecular formula is C16H26OS. The highest BCUT2D eigenvalue weighted by Gasteiger charge is 1.96. The van der Waals surface area contributed by atoms with Crippen LogP contribution in [0.3, 0.4) is 0 Å². The lowest BCUT2D eigenvalue weighted by atomic mass is 10.0. The van der Waals surface area contributed by atoms with Crippen molar-refractivity contribution in [2.24, 2.45) is 0 Å². The standard InChI is InChI=1S/C16H26OS/c1-2-3-4-5-6-7-8-9-10-15-11-13-16(17-18)14-12-15/h11-14,18H,2-10H2,1H3. The molecule has 0 aliphatic carbocycles. The highest BCUT2D eigenvalue weighted by atomic mass is 32.1. The van der Waals surface area contributed by atoms with Crippen molar-refractivity contribution in [3.63, 3.8) is 0 Å². The summed E-state index contributed by atoms with van der Waals surface area (Å²) in [5.41, 5.74) is 1.40. The topological polar surface area (TPSA) is 9.23 Å². The van der Waals surface area contributed by atoms with E-state index in [2.05, 4.69) is 32.0 Å². The molecule has 0 aromatic heterocycles. The van der Waals surface area contributed by atoms with Crippen molar-refractivity contribution >= 4 is 12.9 Å². The van der Waals surface area contributed by atoms with Crippen LogP contribution in [0.15, 0.2) is 24.3 Å². The molecular weight excluding hydrogens is 240 g/mol. The van der Waals surface area contributed by atoms with Crippen molar-refractivity contribution < 1.29 is 4.18 Å². The molecule has 0 aliphatic heterocycles. The largest absolute Gasteiger partial charge is 0.429 e. The Morgan fingerprint density at radius 1 is 0.833 bits per heavy atom. The maximum absolute atomic E-state index is 4.85. The molecule has 2 heteroatoms. The molecule has 0 unspecified atom stereocenters. The number of hydrogen-bond acceptors (Lipinski definition) is 2. The van der Waals surface area contributed by atoms with E-state index in [4.69, 9.17) is 4.18 Å². The fourth-order valence-electron chi connectivity index (χ4n) is 2.18. The second-order valence-corrected chi connectivity index (χ2v) is 5.14. The minimum atomic E-state index is 0.818. The van der Waals surface area contributed by atoms with Gasteiger partial charge < -0.3 is 4.18 Å². The molecule has 1 rings (SSSR count). The van der Waals surface area contributed by atoms with Gasteiger partial charge in [0.05, 0.1) is 0 Å². The molecule has 0 radical (unpaired) electrons. The highest BCUT2D eigenvalue weighted by molar-refractivity contribution is 7.75. The van der Waals surface area contributed by atoms with E-state index in [0.717, 1.165) is 5.75 Å². The van der Waals surface area contributed by atoms with E-state index in [-0.39, 0.29) is 0 Å². The third-order valence-corrected chi connectivity index (χ3v) is 3.56. The first kappa shape index (κ1) is 15.4. The molecule has 0 amide bonds. The Balaban J connectivity index is 2.00. The Morgan fingerprint density at radius 3 is 1.94 bits per heavy atom. The van der Waals surface area contributed by atoms with Crippen molar-refractivity contribution in [2.45, 2.75) is 64.7 Å². The van der Waals surface area contributed by atoms with Gasteiger partial charge in [-0.3, -0.25) is 0 Å². The first-order valence-corrected chi connectivity index (χ1v) is 7.63. The molecule has 0 bridgehead atoms. The number of rotatable bonds is 10. The van der Waals surface area contributed by atoms with Gasteiger partial charge in [0, 0.05) is 12.9 Å². The molecule has 0 atom stereocenters. The van der Waals surface area contributed by atoms with Crippen LogP contribution in [-0.4, -0.2) is 0 Å². The van der Waals surface area contributed by atoms with E-state index in [0.29, 0.717) is 0 Å². The Bertz CT molecular complexity index is 294. The fraction of sp³-hybridized carbons (Fsp3) is 0.625. The van der Waals surface area contributed by atoms with Crippen LogP contribution in [0.5, 0.6) is 5.75 Å². The predicted molar refractivity (Wildman–Crippen MR) is 82.4 cm³/mol. The number of thiol groups is 1. The summed E-state index contributed by atoms with van der Waals surface area (Å²) in [5, 5.41) is 0. The van der Waals surface area contributed by atoms with Crippen LogP contribution in [0, 0.1) is 0 Å². The molecule has 0 N–H and O–H groups in total. The zero-order chi connectivity index (χ0) is 13.1. The maximum Gasteiger partial charge on any atom is 0.137 e. The number of unbranched alkanes of at least 4 members (excludes halogenated alkanes) is 7. The van der Waals surface area contributed by atoms with Gasteiger partial charge in [-0.05, 0) is 30.5 Å². The van der Waals surface area contributed by atoms with Gasteiger partial charge >= 0.3 is 0 Å². The fourth-order valence-corrected chi connectivity index (χ4v) is 2.30. The normalized spacial score (nSPS) is 10.6. The van der Waals surface area contributed by atoms with E-state index in [9.17, 15) is 0 Å². The zero-order valence-corrected chi connectivity index (χ0v) is 12.4. The molecule has 0 spiro atoms. The quantitative estimate of drug-likeness (QED) is 0.330. The maximum atomic E-state index is 4.85. The van der Waals surface area contributed by atoms with Gasteiger partial charge in [0.25, 0.3) is 0 Å². The lowest BCUT2D eigenvalue weighted by Crippen LogP contribution is -1.86. The van der Waals surface area contributed by atoms with Crippen LogP contribution in [0.2, 0.25) is 0 Å². The van der Waals surface area contributed by atoms with E-state index >= 15 is 0 Å². The molecule has 18 heavy (non-hydrogen) atoms. The summed E-state index contributed by atoms with van der Waals surface area (Å²) in [5.74, 6) is 0.818. The average Bonchev–Trinajstić information content (AvgIpc) is 2.42. The number of hydrogen-bond donors (Lipinski definition) is 1. The van der Waals surface area contributed by atoms with Crippen molar-refractivity contribution in [3.8, 4) is 5.75 Å². The van der Waals surface area contributed by atoms with Crippen LogP contribution in [-0.2, 0) is 6.42 Å². The Hall–Kier alpha value is -0.630. The minimum absolute atomic E-state index is 0.818. The highest BCUT2D eigenvalue weighted by Crippen LogP contribution is 2.15. The van der Waals surface area contributed by atoms with Gasteiger partial charge in [0.15, 0.2) is 0 Å². The summed E-state index contributed by atoms with van der Waals surface area (Å²) in [7, 11) is 0. The number of aryl methyl sites for hydroxylation is 1. The van der Waals surface area contributed by atoms with Crippen LogP contribution < -0.4 is 4.18 Å². The molecule has 0 heterocycles. The lowest BCUT2D eigenvalue weighted by molar-refractivity contribution is 0.575. The van der Waals surface area contributed by atoms with Gasteiger partial charge in [0.2, 0.25) is 0 Å². The molecule has 0 fully saturated rings. The first-order valence-electron chi connectivity index (χ1n) is 7.27. The van der Waals surface area contributed by atoms with Gasteiger partial charge in [-0.2, -0.15) is 0 Å². The SMILES string of the molecule is CCCCCCCCCCc1ccc(OS)cc1. The summed E-state index contributed by atoms with van der Waals surface area (Å²) in [6.45, 7) is 2.27. The van der Waals surface area contributed by atoms with E-state index in [1.54, 1.807) is 0 Å². The van der Waals surface area contributed by atoms with Crippen molar-refractivity contribution in [1.82, 2.24) is 0 Å². The second kappa shape index (κ2) is 10.3. The molecule has 1 aromatic carbocycles. The van der Waals surface area contributed by atoms with Gasteiger partial charge in [0.1, 0.15) is 5.75 Å². The zero-order valence-electron chi connectivity index (χ0n) is 11.5. The second-order valence-electron chi connectivity index (χ2n) is 4.96. The first-order chi connectivity index (χ1) is 8.86. The van der Waals surface area contributed by atoms with Gasteiger partial charge in [-0.25, -0.2) is 0 Å². The van der Waals surface area contributed by atoms with Crippen molar-refractivity contribution in [1.29, 1.82) is 0 Å². The van der Waals surface area contributed by atoms with E-state index < -0.39 is 0 Å². The van der Waals surface area contributed by atoms with Gasteiger partial charge in [-0.1, -0.05) is 64.0 Å². The molecule has 1 nitrogen and oxygen atoms in total. The molecule has 0 aliphatic rings. The van der Waals surface area contributed by atoms with E-state index in [1.807, 2.05) is 12.1 Å². The van der Waals surface area contributed by atoms with Gasteiger partial charge in [-0.15, -0.1) is 0 Å². The van der Waals surface area contributed by atoms with Crippen molar-refractivity contribution in [2.75, 3.05) is 0 Å². The third-order valence-electron chi connectivity index (χ3n) is 3.35. The monoisotopic (exact) mass is 266 g/mol. The summed E-state index contributed by atoms with van der Waals surface area (Å²) >= 11 is 3.78. The smallest absolute Gasteiger partial charge is 0.137 e. The minimum Gasteiger partial charge on any atom is -0.429 e. The van der Waals surface area contributed by atoms with E-state index in [1.165, 1.54) is 63.4 Å². The predicted octanol–water partition coefficient (Wildman–Crippen LogP) is 5.59. The van der Waals surface area contributed by atoms with Crippen LogP contribution in [0.25, 0.3) is 0 Å². The molecule has 1 aromatic rings. The Morgan fingerprint density at radius 2 is 1.39 bits per heavy atom. The van der Waals surface area contributed by atoms with Crippen LogP contribution >= 0.6 is 12.9 Å². The molecule has 102 valence electrons. The summed E-state index contributed by atoms with van der Waals surface area (Å²) in [6.07, 6.45) is 12.2. The summed E-state index contributed by atoms with van der Waals surface area (Å²) in [4.78, 5) is 0. The summed E-state index contributed by atoms with van der Waals surface area (Å²) < 4.78 is 4.85. The van der Waals surface area contributed by atoms with Crippen molar-refractivity contribution in [3.05, 3.63) is 29.8 Å². The summed E-state index contributed by atoms with van der Waals surface area (Å²) in [6, 6.07) is 8.22. The third kappa shape index (κ3) is 6.95. The molecule has 0 saturated carbocycles. The average molecular weight is 266 g/mol.